The number of hydrogen-bond donors (Lipinski definition) is 1. The van der Waals surface area contributed by atoms with E-state index in [-0.39, 0.29) is 11.8 Å². The van der Waals surface area contributed by atoms with E-state index < -0.39 is 0 Å². The van der Waals surface area contributed by atoms with Gasteiger partial charge in [-0.3, -0.25) is 4.99 Å². The zero-order valence-electron chi connectivity index (χ0n) is 14.1. The van der Waals surface area contributed by atoms with Gasteiger partial charge in [-0.1, -0.05) is 66.7 Å². The number of fused-ring (bicyclic) bond motifs is 2. The molecule has 0 heterocycles. The van der Waals surface area contributed by atoms with Crippen molar-refractivity contribution in [3.8, 4) is 5.75 Å². The second-order valence-electron chi connectivity index (χ2n) is 6.28. The van der Waals surface area contributed by atoms with Crippen molar-refractivity contribution >= 4 is 27.8 Å². The highest BCUT2D eigenvalue weighted by atomic mass is 16.3. The third-order valence-corrected chi connectivity index (χ3v) is 4.63. The second-order valence-corrected chi connectivity index (χ2v) is 6.28. The van der Waals surface area contributed by atoms with Crippen LogP contribution in [0.5, 0.6) is 5.75 Å². The lowest BCUT2D eigenvalue weighted by Gasteiger charge is -2.09. The standard InChI is InChI=1S/C23H19NO/c1-16(19-11-10-17-6-2-3-8-20(17)14-19)24-15-22-21-9-5-4-7-18(21)12-13-23(22)25/h2-16,25H,1H3/t16-/m1/s1. The summed E-state index contributed by atoms with van der Waals surface area (Å²) < 4.78 is 0. The lowest BCUT2D eigenvalue weighted by atomic mass is 10.0. The highest BCUT2D eigenvalue weighted by Gasteiger charge is 2.07. The molecule has 0 aliphatic heterocycles. The summed E-state index contributed by atoms with van der Waals surface area (Å²) in [4.78, 5) is 4.70. The first-order chi connectivity index (χ1) is 12.2. The summed E-state index contributed by atoms with van der Waals surface area (Å²) in [6.45, 7) is 2.07. The first-order valence-electron chi connectivity index (χ1n) is 8.45. The van der Waals surface area contributed by atoms with Crippen LogP contribution in [-0.2, 0) is 0 Å². The number of aromatic hydroxyl groups is 1. The van der Waals surface area contributed by atoms with E-state index in [4.69, 9.17) is 4.99 Å². The molecule has 2 nitrogen and oxygen atoms in total. The molecule has 4 rings (SSSR count). The molecular formula is C23H19NO. The van der Waals surface area contributed by atoms with Crippen LogP contribution in [0.3, 0.4) is 0 Å². The van der Waals surface area contributed by atoms with E-state index in [1.807, 2.05) is 42.5 Å². The first-order valence-corrected chi connectivity index (χ1v) is 8.45. The first kappa shape index (κ1) is 15.4. The van der Waals surface area contributed by atoms with Gasteiger partial charge < -0.3 is 5.11 Å². The number of phenolic OH excluding ortho intramolecular Hbond substituents is 1. The normalized spacial score (nSPS) is 12.8. The van der Waals surface area contributed by atoms with Crippen molar-refractivity contribution < 1.29 is 5.11 Å². The predicted molar refractivity (Wildman–Crippen MR) is 106 cm³/mol. The SMILES string of the molecule is C[C@@H](N=Cc1c(O)ccc2ccccc12)c1ccc2ccccc2c1. The third kappa shape index (κ3) is 2.99. The molecule has 1 atom stereocenters. The monoisotopic (exact) mass is 325 g/mol. The van der Waals surface area contributed by atoms with Crippen molar-refractivity contribution in [2.45, 2.75) is 13.0 Å². The fraction of sp³-hybridized carbons (Fsp3) is 0.0870. The quantitative estimate of drug-likeness (QED) is 0.469. The summed E-state index contributed by atoms with van der Waals surface area (Å²) in [5, 5.41) is 14.8. The Morgan fingerprint density at radius 3 is 2.32 bits per heavy atom. The number of nitrogens with zero attached hydrogens (tertiary/aromatic N) is 1. The molecule has 0 aliphatic rings. The van der Waals surface area contributed by atoms with E-state index >= 15 is 0 Å². The van der Waals surface area contributed by atoms with Crippen LogP contribution in [0.25, 0.3) is 21.5 Å². The van der Waals surface area contributed by atoms with Crippen molar-refractivity contribution in [3.63, 3.8) is 0 Å². The molecule has 0 unspecified atom stereocenters. The average molecular weight is 325 g/mol. The van der Waals surface area contributed by atoms with Gasteiger partial charge in [-0.15, -0.1) is 0 Å². The Morgan fingerprint density at radius 2 is 1.48 bits per heavy atom. The zero-order chi connectivity index (χ0) is 17.2. The van der Waals surface area contributed by atoms with Crippen molar-refractivity contribution in [3.05, 3.63) is 90.0 Å². The minimum Gasteiger partial charge on any atom is -0.507 e. The molecule has 4 aromatic rings. The van der Waals surface area contributed by atoms with Gasteiger partial charge in [-0.25, -0.2) is 0 Å². The Balaban J connectivity index is 1.70. The molecule has 1 N–H and O–H groups in total. The van der Waals surface area contributed by atoms with Crippen LogP contribution in [0.1, 0.15) is 24.1 Å². The van der Waals surface area contributed by atoms with E-state index in [1.165, 1.54) is 10.8 Å². The van der Waals surface area contributed by atoms with Gasteiger partial charge in [0.1, 0.15) is 5.75 Å². The molecule has 2 heteroatoms. The van der Waals surface area contributed by atoms with Crippen LogP contribution >= 0.6 is 0 Å². The van der Waals surface area contributed by atoms with Gasteiger partial charge >= 0.3 is 0 Å². The van der Waals surface area contributed by atoms with Gasteiger partial charge in [-0.05, 0) is 46.2 Å². The van der Waals surface area contributed by atoms with Gasteiger partial charge in [-0.2, -0.15) is 0 Å². The topological polar surface area (TPSA) is 32.6 Å². The molecule has 0 amide bonds. The summed E-state index contributed by atoms with van der Waals surface area (Å²) in [7, 11) is 0. The van der Waals surface area contributed by atoms with Crippen LogP contribution in [0.15, 0.2) is 83.9 Å². The minimum absolute atomic E-state index is 0.0166. The smallest absolute Gasteiger partial charge is 0.124 e. The molecule has 0 aliphatic carbocycles. The molecule has 0 fully saturated rings. The maximum Gasteiger partial charge on any atom is 0.124 e. The Morgan fingerprint density at radius 1 is 0.800 bits per heavy atom. The molecular weight excluding hydrogens is 306 g/mol. The van der Waals surface area contributed by atoms with Crippen LogP contribution in [0.2, 0.25) is 0 Å². The molecule has 4 aromatic carbocycles. The fourth-order valence-corrected chi connectivity index (χ4v) is 3.16. The summed E-state index contributed by atoms with van der Waals surface area (Å²) in [5.74, 6) is 0.258. The van der Waals surface area contributed by atoms with Crippen LogP contribution < -0.4 is 0 Å². The summed E-state index contributed by atoms with van der Waals surface area (Å²) >= 11 is 0. The van der Waals surface area contributed by atoms with Crippen molar-refractivity contribution in [2.75, 3.05) is 0 Å². The van der Waals surface area contributed by atoms with Crippen molar-refractivity contribution in [2.24, 2.45) is 4.99 Å². The molecule has 25 heavy (non-hydrogen) atoms. The number of benzene rings is 4. The number of phenols is 1. The maximum atomic E-state index is 10.2. The van der Waals surface area contributed by atoms with E-state index in [1.54, 1.807) is 12.3 Å². The van der Waals surface area contributed by atoms with Gasteiger partial charge in [0.15, 0.2) is 0 Å². The molecule has 0 saturated heterocycles. The zero-order valence-corrected chi connectivity index (χ0v) is 14.1. The van der Waals surface area contributed by atoms with E-state index in [0.29, 0.717) is 0 Å². The number of hydrogen-bond acceptors (Lipinski definition) is 2. The van der Waals surface area contributed by atoms with Crippen molar-refractivity contribution in [1.82, 2.24) is 0 Å². The second kappa shape index (κ2) is 6.40. The molecule has 0 bridgehead atoms. The molecule has 0 spiro atoms. The lowest BCUT2D eigenvalue weighted by Crippen LogP contribution is -1.93. The van der Waals surface area contributed by atoms with Gasteiger partial charge in [0.25, 0.3) is 0 Å². The van der Waals surface area contributed by atoms with Gasteiger partial charge in [0.05, 0.1) is 6.04 Å². The summed E-state index contributed by atoms with van der Waals surface area (Å²) in [6, 6.07) is 26.5. The summed E-state index contributed by atoms with van der Waals surface area (Å²) in [5.41, 5.74) is 1.93. The number of aliphatic imine (C=N–C) groups is 1. The molecule has 122 valence electrons. The lowest BCUT2D eigenvalue weighted by molar-refractivity contribution is 0.475. The predicted octanol–water partition coefficient (Wildman–Crippen LogP) is 5.88. The average Bonchev–Trinajstić information content (AvgIpc) is 2.66. The third-order valence-electron chi connectivity index (χ3n) is 4.63. The summed E-state index contributed by atoms with van der Waals surface area (Å²) in [6.07, 6.45) is 1.79. The highest BCUT2D eigenvalue weighted by molar-refractivity contribution is 6.02. The molecule has 0 saturated carbocycles. The van der Waals surface area contributed by atoms with Gasteiger partial charge in [0, 0.05) is 11.8 Å². The Bertz CT molecular complexity index is 1080. The van der Waals surface area contributed by atoms with Crippen LogP contribution in [0.4, 0.5) is 0 Å². The van der Waals surface area contributed by atoms with Crippen molar-refractivity contribution in [1.29, 1.82) is 0 Å². The Labute approximate surface area is 147 Å². The Hall–Kier alpha value is -3.13. The number of rotatable bonds is 3. The molecule has 0 radical (unpaired) electrons. The van der Waals surface area contributed by atoms with Gasteiger partial charge in [0.2, 0.25) is 0 Å². The van der Waals surface area contributed by atoms with E-state index in [2.05, 4.69) is 37.3 Å². The Kier molecular flexibility index (Phi) is 3.95. The largest absolute Gasteiger partial charge is 0.507 e. The van der Waals surface area contributed by atoms with E-state index in [9.17, 15) is 5.11 Å². The van der Waals surface area contributed by atoms with Crippen LogP contribution in [0, 0.1) is 0 Å². The van der Waals surface area contributed by atoms with E-state index in [0.717, 1.165) is 21.9 Å². The molecule has 0 aromatic heterocycles. The highest BCUT2D eigenvalue weighted by Crippen LogP contribution is 2.27. The maximum absolute atomic E-state index is 10.2. The fourth-order valence-electron chi connectivity index (χ4n) is 3.16. The minimum atomic E-state index is 0.0166. The van der Waals surface area contributed by atoms with Crippen LogP contribution in [-0.4, -0.2) is 11.3 Å².